The van der Waals surface area contributed by atoms with Gasteiger partial charge in [-0.2, -0.15) is 0 Å². The summed E-state index contributed by atoms with van der Waals surface area (Å²) < 4.78 is 0. The van der Waals surface area contributed by atoms with Crippen LogP contribution in [0.15, 0.2) is 49.1 Å². The summed E-state index contributed by atoms with van der Waals surface area (Å²) >= 11 is 0. The molecule has 0 N–H and O–H groups in total. The number of hydrogen-bond acceptors (Lipinski definition) is 0. The molecule has 0 aliphatic carbocycles. The third-order valence-corrected chi connectivity index (χ3v) is 0. The van der Waals surface area contributed by atoms with E-state index in [1.165, 1.54) is 16.7 Å². The van der Waals surface area contributed by atoms with Crippen molar-refractivity contribution in [2.75, 3.05) is 0 Å². The van der Waals surface area contributed by atoms with Crippen molar-refractivity contribution < 1.29 is 0 Å². The second kappa shape index (κ2) is 29.2. The van der Waals surface area contributed by atoms with Crippen molar-refractivity contribution >= 4 is 0 Å². The molecule has 0 spiro atoms. The van der Waals surface area contributed by atoms with E-state index in [0.717, 1.165) is 0 Å². The molecule has 0 heteroatoms. The quantitative estimate of drug-likeness (QED) is 0.409. The Bertz CT molecular complexity index is 130. The SMILES string of the molecule is C.C=C(C)C.C=C(C)C.C=C(C)C.C=CC. The minimum Gasteiger partial charge on any atom is -0.103 e. The minimum atomic E-state index is 0. The number of hydrogen-bond donors (Lipinski definition) is 0. The molecule has 0 aromatic heterocycles. The minimum absolute atomic E-state index is 0. The summed E-state index contributed by atoms with van der Waals surface area (Å²) in [5.74, 6) is 0. The first-order valence-electron chi connectivity index (χ1n) is 5.05. The highest BCUT2D eigenvalue weighted by atomic mass is 13.6. The molecule has 0 radical (unpaired) electrons. The van der Waals surface area contributed by atoms with Gasteiger partial charge in [-0.25, -0.2) is 0 Å². The van der Waals surface area contributed by atoms with E-state index in [9.17, 15) is 0 Å². The fourth-order valence-electron chi connectivity index (χ4n) is 0. The van der Waals surface area contributed by atoms with Gasteiger partial charge >= 0.3 is 0 Å². The Hall–Kier alpha value is -1.04. The fourth-order valence-corrected chi connectivity index (χ4v) is 0. The van der Waals surface area contributed by atoms with Crippen LogP contribution in [0.1, 0.15) is 55.9 Å². The number of rotatable bonds is 0. The molecule has 0 heterocycles. The standard InChI is InChI=1S/3C4H8.C3H6.CH4/c3*1-4(2)3;1-3-2;/h3*1H2,2-3H3;3H,1H2,2H3;1H4. The molecule has 0 aliphatic heterocycles. The lowest BCUT2D eigenvalue weighted by atomic mass is 10.4. The van der Waals surface area contributed by atoms with Gasteiger partial charge in [0.25, 0.3) is 0 Å². The molecule has 16 heavy (non-hydrogen) atoms. The van der Waals surface area contributed by atoms with Crippen LogP contribution >= 0.6 is 0 Å². The van der Waals surface area contributed by atoms with Crippen LogP contribution < -0.4 is 0 Å². The summed E-state index contributed by atoms with van der Waals surface area (Å²) in [5.41, 5.74) is 3.50. The van der Waals surface area contributed by atoms with E-state index in [-0.39, 0.29) is 7.43 Å². The van der Waals surface area contributed by atoms with Crippen LogP contribution in [0.4, 0.5) is 0 Å². The third kappa shape index (κ3) is 1710. The summed E-state index contributed by atoms with van der Waals surface area (Å²) in [6.07, 6.45) is 1.75. The van der Waals surface area contributed by atoms with E-state index in [1.54, 1.807) is 6.08 Å². The summed E-state index contributed by atoms with van der Waals surface area (Å²) in [4.78, 5) is 0. The normalized spacial score (nSPS) is 5.69. The zero-order valence-corrected chi connectivity index (χ0v) is 11.9. The van der Waals surface area contributed by atoms with E-state index < -0.39 is 0 Å². The first kappa shape index (κ1) is 29.4. The van der Waals surface area contributed by atoms with Crippen LogP contribution in [0.5, 0.6) is 0 Å². The maximum Gasteiger partial charge on any atom is -0.0445 e. The topological polar surface area (TPSA) is 0 Å². The lowest BCUT2D eigenvalue weighted by molar-refractivity contribution is 1.42. The zero-order valence-electron chi connectivity index (χ0n) is 11.9. The van der Waals surface area contributed by atoms with Gasteiger partial charge in [0.05, 0.1) is 0 Å². The van der Waals surface area contributed by atoms with Gasteiger partial charge in [-0.1, -0.05) is 30.2 Å². The van der Waals surface area contributed by atoms with Crippen LogP contribution in [0.25, 0.3) is 0 Å². The van der Waals surface area contributed by atoms with Gasteiger partial charge < -0.3 is 0 Å². The van der Waals surface area contributed by atoms with E-state index in [4.69, 9.17) is 0 Å². The summed E-state index contributed by atoms with van der Waals surface area (Å²) in [6, 6.07) is 0. The van der Waals surface area contributed by atoms with Crippen molar-refractivity contribution in [2.24, 2.45) is 0 Å². The molecule has 0 aliphatic rings. The molecule has 0 rings (SSSR count). The molecule has 0 aromatic rings. The smallest absolute Gasteiger partial charge is 0.0445 e. The van der Waals surface area contributed by atoms with Gasteiger partial charge in [0, 0.05) is 0 Å². The Kier molecular flexibility index (Phi) is 53.6. The van der Waals surface area contributed by atoms with Crippen LogP contribution in [0.3, 0.4) is 0 Å². The fraction of sp³-hybridized carbons (Fsp3) is 0.500. The Balaban J connectivity index is -0.0000000331. The highest BCUT2D eigenvalue weighted by Gasteiger charge is 1.52. The first-order valence-corrected chi connectivity index (χ1v) is 5.05. The lowest BCUT2D eigenvalue weighted by Gasteiger charge is -1.65. The van der Waals surface area contributed by atoms with Crippen LogP contribution in [0.2, 0.25) is 0 Å². The van der Waals surface area contributed by atoms with E-state index in [2.05, 4.69) is 26.3 Å². The van der Waals surface area contributed by atoms with E-state index >= 15 is 0 Å². The molecule has 0 amide bonds. The van der Waals surface area contributed by atoms with E-state index in [1.807, 2.05) is 48.5 Å². The molecule has 0 atom stereocenters. The monoisotopic (exact) mass is 226 g/mol. The second-order valence-electron chi connectivity index (χ2n) is 4.03. The van der Waals surface area contributed by atoms with Crippen molar-refractivity contribution in [3.8, 4) is 0 Å². The summed E-state index contributed by atoms with van der Waals surface area (Å²) in [5, 5.41) is 0. The molecule has 0 saturated carbocycles. The maximum atomic E-state index is 3.56. The van der Waals surface area contributed by atoms with E-state index in [0.29, 0.717) is 0 Å². The Morgan fingerprint density at radius 2 is 0.688 bits per heavy atom. The van der Waals surface area contributed by atoms with Crippen molar-refractivity contribution in [1.82, 2.24) is 0 Å². The second-order valence-corrected chi connectivity index (χ2v) is 4.03. The molecular weight excluding hydrogens is 192 g/mol. The summed E-state index contributed by atoms with van der Waals surface area (Å²) in [7, 11) is 0. The van der Waals surface area contributed by atoms with Crippen molar-refractivity contribution in [3.05, 3.63) is 49.1 Å². The largest absolute Gasteiger partial charge is 0.103 e. The molecule has 0 fully saturated rings. The average molecular weight is 226 g/mol. The molecule has 0 saturated heterocycles. The predicted molar refractivity (Wildman–Crippen MR) is 84.1 cm³/mol. The predicted octanol–water partition coefficient (Wildman–Crippen LogP) is 6.58. The van der Waals surface area contributed by atoms with Crippen LogP contribution in [0, 0.1) is 0 Å². The Morgan fingerprint density at radius 3 is 0.688 bits per heavy atom. The number of allylic oxidation sites excluding steroid dienone is 4. The van der Waals surface area contributed by atoms with Gasteiger partial charge in [0.2, 0.25) is 0 Å². The molecular formula is C16H34. The van der Waals surface area contributed by atoms with Gasteiger partial charge in [-0.3, -0.25) is 0 Å². The average Bonchev–Trinajstić information content (AvgIpc) is 1.81. The van der Waals surface area contributed by atoms with Crippen molar-refractivity contribution in [3.63, 3.8) is 0 Å². The van der Waals surface area contributed by atoms with Gasteiger partial charge in [0.1, 0.15) is 0 Å². The van der Waals surface area contributed by atoms with Gasteiger partial charge in [-0.15, -0.1) is 26.3 Å². The van der Waals surface area contributed by atoms with Crippen LogP contribution in [-0.4, -0.2) is 0 Å². The molecule has 98 valence electrons. The summed E-state index contributed by atoms with van der Waals surface area (Å²) in [6.45, 7) is 27.8. The molecule has 0 bridgehead atoms. The zero-order chi connectivity index (χ0) is 13.4. The lowest BCUT2D eigenvalue weighted by Crippen LogP contribution is -1.43. The highest BCUT2D eigenvalue weighted by molar-refractivity contribution is 4.79. The molecule has 0 unspecified atom stereocenters. The van der Waals surface area contributed by atoms with Gasteiger partial charge in [0.15, 0.2) is 0 Å². The van der Waals surface area contributed by atoms with Crippen molar-refractivity contribution in [1.29, 1.82) is 0 Å². The van der Waals surface area contributed by atoms with Gasteiger partial charge in [-0.05, 0) is 48.5 Å². The van der Waals surface area contributed by atoms with Crippen LogP contribution in [-0.2, 0) is 0 Å². The molecule has 0 aromatic carbocycles. The Labute approximate surface area is 105 Å². The third-order valence-electron chi connectivity index (χ3n) is 0. The van der Waals surface area contributed by atoms with Crippen molar-refractivity contribution in [2.45, 2.75) is 55.9 Å². The maximum absolute atomic E-state index is 3.56. The Morgan fingerprint density at radius 1 is 0.688 bits per heavy atom. The molecule has 0 nitrogen and oxygen atoms in total. The highest BCUT2D eigenvalue weighted by Crippen LogP contribution is 1.74. The first-order chi connectivity index (χ1) is 6.61.